The number of benzene rings is 1. The zero-order valence-corrected chi connectivity index (χ0v) is 10.1. The summed E-state index contributed by atoms with van der Waals surface area (Å²) in [5, 5.41) is 19.6. The van der Waals surface area contributed by atoms with E-state index in [0.29, 0.717) is 0 Å². The lowest BCUT2D eigenvalue weighted by Gasteiger charge is -2.05. The molecule has 0 bridgehead atoms. The number of hydrogen-bond donors (Lipinski definition) is 1. The highest BCUT2D eigenvalue weighted by Crippen LogP contribution is 2.16. The van der Waals surface area contributed by atoms with Crippen molar-refractivity contribution in [2.75, 3.05) is 4.72 Å². The fourth-order valence-corrected chi connectivity index (χ4v) is 2.39. The first-order valence-corrected chi connectivity index (χ1v) is 6.27. The van der Waals surface area contributed by atoms with E-state index in [1.54, 1.807) is 6.07 Å². The topological polar surface area (TPSA) is 114 Å². The number of hydrogen-bond acceptors (Lipinski definition) is 6. The number of tetrazole rings is 1. The van der Waals surface area contributed by atoms with E-state index < -0.39 is 10.0 Å². The van der Waals surface area contributed by atoms with Crippen LogP contribution < -0.4 is 4.72 Å². The molecule has 0 aliphatic heterocycles. The standard InChI is InChI=1S/C9H8N6O2S/c1-15-12-9(11-14-15)13-18(16,17)8-5-3-2-4-7(8)6-10/h2-5H,1H3,(H,12,13). The summed E-state index contributed by atoms with van der Waals surface area (Å²) in [4.78, 5) is 0.994. The van der Waals surface area contributed by atoms with Crippen LogP contribution in [0.4, 0.5) is 5.95 Å². The molecule has 2 rings (SSSR count). The van der Waals surface area contributed by atoms with Gasteiger partial charge in [0.15, 0.2) is 0 Å². The Morgan fingerprint density at radius 1 is 1.39 bits per heavy atom. The molecule has 1 heterocycles. The molecular formula is C9H8N6O2S. The van der Waals surface area contributed by atoms with Crippen LogP contribution in [0.2, 0.25) is 0 Å². The van der Waals surface area contributed by atoms with Crippen molar-refractivity contribution in [3.05, 3.63) is 29.8 Å². The molecule has 18 heavy (non-hydrogen) atoms. The predicted molar refractivity (Wildman–Crippen MR) is 60.8 cm³/mol. The van der Waals surface area contributed by atoms with Gasteiger partial charge < -0.3 is 0 Å². The summed E-state index contributed by atoms with van der Waals surface area (Å²) in [5.74, 6) is -0.148. The number of aromatic nitrogens is 4. The third-order valence-corrected chi connectivity index (χ3v) is 3.42. The van der Waals surface area contributed by atoms with Gasteiger partial charge in [0.05, 0.1) is 12.6 Å². The van der Waals surface area contributed by atoms with E-state index in [1.165, 1.54) is 25.2 Å². The Kier molecular flexibility index (Phi) is 2.95. The minimum absolute atomic E-state index is 0.0499. The van der Waals surface area contributed by atoms with E-state index in [0.717, 1.165) is 4.80 Å². The van der Waals surface area contributed by atoms with Gasteiger partial charge in [-0.1, -0.05) is 17.2 Å². The predicted octanol–water partition coefficient (Wildman–Crippen LogP) is -0.117. The number of anilines is 1. The van der Waals surface area contributed by atoms with Crippen molar-refractivity contribution in [1.82, 2.24) is 20.2 Å². The molecule has 0 aliphatic carbocycles. The van der Waals surface area contributed by atoms with Crippen LogP contribution >= 0.6 is 0 Å². The molecule has 0 amide bonds. The fourth-order valence-electron chi connectivity index (χ4n) is 1.29. The minimum atomic E-state index is -3.89. The summed E-state index contributed by atoms with van der Waals surface area (Å²) in [7, 11) is -2.39. The summed E-state index contributed by atoms with van der Waals surface area (Å²) in [5.41, 5.74) is 0.0499. The third-order valence-electron chi connectivity index (χ3n) is 2.03. The SMILES string of the molecule is Cn1nnc(NS(=O)(=O)c2ccccc2C#N)n1. The molecule has 0 fully saturated rings. The second-order valence-corrected chi connectivity index (χ2v) is 4.97. The van der Waals surface area contributed by atoms with Crippen LogP contribution in [0.5, 0.6) is 0 Å². The second-order valence-electron chi connectivity index (χ2n) is 3.32. The summed E-state index contributed by atoms with van der Waals surface area (Å²) in [6.07, 6.45) is 0. The molecule has 0 unspecified atom stereocenters. The smallest absolute Gasteiger partial charge is 0.245 e. The van der Waals surface area contributed by atoms with Gasteiger partial charge in [0.25, 0.3) is 16.0 Å². The Labute approximate surface area is 103 Å². The normalized spacial score (nSPS) is 10.9. The quantitative estimate of drug-likeness (QED) is 0.826. The van der Waals surface area contributed by atoms with Crippen LogP contribution in [0.1, 0.15) is 5.56 Å². The Balaban J connectivity index is 2.40. The number of nitrogens with zero attached hydrogens (tertiary/aromatic N) is 5. The van der Waals surface area contributed by atoms with E-state index in [1.807, 2.05) is 6.07 Å². The van der Waals surface area contributed by atoms with Crippen LogP contribution in [0.15, 0.2) is 29.2 Å². The van der Waals surface area contributed by atoms with Gasteiger partial charge in [-0.25, -0.2) is 13.1 Å². The molecule has 92 valence electrons. The molecule has 0 aliphatic rings. The highest BCUT2D eigenvalue weighted by molar-refractivity contribution is 7.92. The first-order valence-electron chi connectivity index (χ1n) is 4.79. The molecule has 2 aromatic rings. The van der Waals surface area contributed by atoms with Crippen LogP contribution in [-0.2, 0) is 17.1 Å². The lowest BCUT2D eigenvalue weighted by Crippen LogP contribution is -2.15. The van der Waals surface area contributed by atoms with Gasteiger partial charge in [-0.2, -0.15) is 10.1 Å². The average Bonchev–Trinajstić information content (AvgIpc) is 2.74. The Bertz CT molecular complexity index is 715. The maximum atomic E-state index is 12.0. The van der Waals surface area contributed by atoms with E-state index in [-0.39, 0.29) is 16.4 Å². The number of aryl methyl sites for hydroxylation is 1. The zero-order valence-electron chi connectivity index (χ0n) is 9.27. The van der Waals surface area contributed by atoms with Crippen LogP contribution in [-0.4, -0.2) is 28.6 Å². The molecule has 0 atom stereocenters. The number of rotatable bonds is 3. The lowest BCUT2D eigenvalue weighted by atomic mass is 10.2. The maximum Gasteiger partial charge on any atom is 0.277 e. The van der Waals surface area contributed by atoms with Gasteiger partial charge in [-0.05, 0) is 17.3 Å². The number of nitrogens with one attached hydrogen (secondary N) is 1. The van der Waals surface area contributed by atoms with Crippen molar-refractivity contribution in [2.24, 2.45) is 7.05 Å². The molecule has 0 radical (unpaired) electrons. The highest BCUT2D eigenvalue weighted by Gasteiger charge is 2.20. The van der Waals surface area contributed by atoms with Gasteiger partial charge in [-0.15, -0.1) is 5.10 Å². The molecule has 1 N–H and O–H groups in total. The largest absolute Gasteiger partial charge is 0.277 e. The molecular weight excluding hydrogens is 256 g/mol. The average molecular weight is 264 g/mol. The summed E-state index contributed by atoms with van der Waals surface area (Å²) in [6, 6.07) is 7.67. The van der Waals surface area contributed by atoms with E-state index in [4.69, 9.17) is 5.26 Å². The Morgan fingerprint density at radius 3 is 2.72 bits per heavy atom. The van der Waals surface area contributed by atoms with Gasteiger partial charge in [-0.3, -0.25) is 0 Å². The monoisotopic (exact) mass is 264 g/mol. The van der Waals surface area contributed by atoms with Gasteiger partial charge >= 0.3 is 0 Å². The molecule has 8 nitrogen and oxygen atoms in total. The summed E-state index contributed by atoms with van der Waals surface area (Å²) < 4.78 is 26.2. The van der Waals surface area contributed by atoms with E-state index in [9.17, 15) is 8.42 Å². The van der Waals surface area contributed by atoms with Gasteiger partial charge in [0.2, 0.25) is 0 Å². The van der Waals surface area contributed by atoms with Gasteiger partial charge in [0, 0.05) is 0 Å². The Hall–Kier alpha value is -2.47. The minimum Gasteiger partial charge on any atom is -0.245 e. The van der Waals surface area contributed by atoms with Crippen LogP contribution in [0.25, 0.3) is 0 Å². The molecule has 9 heteroatoms. The van der Waals surface area contributed by atoms with E-state index in [2.05, 4.69) is 20.1 Å². The highest BCUT2D eigenvalue weighted by atomic mass is 32.2. The van der Waals surface area contributed by atoms with Crippen molar-refractivity contribution in [3.8, 4) is 6.07 Å². The van der Waals surface area contributed by atoms with Crippen molar-refractivity contribution in [1.29, 1.82) is 5.26 Å². The fraction of sp³-hybridized carbons (Fsp3) is 0.111. The summed E-state index contributed by atoms with van der Waals surface area (Å²) >= 11 is 0. The third kappa shape index (κ3) is 2.28. The molecule has 0 spiro atoms. The molecule has 0 saturated heterocycles. The Morgan fingerprint density at radius 2 is 2.11 bits per heavy atom. The summed E-state index contributed by atoms with van der Waals surface area (Å²) in [6.45, 7) is 0. The molecule has 1 aromatic heterocycles. The second kappa shape index (κ2) is 4.42. The van der Waals surface area contributed by atoms with Crippen molar-refractivity contribution in [3.63, 3.8) is 0 Å². The van der Waals surface area contributed by atoms with Crippen LogP contribution in [0.3, 0.4) is 0 Å². The van der Waals surface area contributed by atoms with Crippen molar-refractivity contribution < 1.29 is 8.42 Å². The zero-order chi connectivity index (χ0) is 13.2. The molecule has 0 saturated carbocycles. The first kappa shape index (κ1) is 12.0. The van der Waals surface area contributed by atoms with Crippen molar-refractivity contribution in [2.45, 2.75) is 4.90 Å². The molecule has 1 aromatic carbocycles. The van der Waals surface area contributed by atoms with Gasteiger partial charge in [0.1, 0.15) is 11.0 Å². The lowest BCUT2D eigenvalue weighted by molar-refractivity contribution is 0.600. The van der Waals surface area contributed by atoms with Crippen molar-refractivity contribution >= 4 is 16.0 Å². The van der Waals surface area contributed by atoms with Crippen LogP contribution in [0, 0.1) is 11.3 Å². The number of sulfonamides is 1. The first-order chi connectivity index (χ1) is 8.53. The number of nitriles is 1. The maximum absolute atomic E-state index is 12.0. The van der Waals surface area contributed by atoms with E-state index >= 15 is 0 Å².